The molecule has 3 rings (SSSR count). The molecule has 0 aliphatic carbocycles. The Bertz CT molecular complexity index is 724. The van der Waals surface area contributed by atoms with Gasteiger partial charge in [0.15, 0.2) is 0 Å². The van der Waals surface area contributed by atoms with E-state index >= 15 is 0 Å². The lowest BCUT2D eigenvalue weighted by Crippen LogP contribution is -2.37. The van der Waals surface area contributed by atoms with Gasteiger partial charge in [-0.2, -0.15) is 4.31 Å². The first kappa shape index (κ1) is 20.3. The summed E-state index contributed by atoms with van der Waals surface area (Å²) in [7, 11) is -3.62. The van der Waals surface area contributed by atoms with E-state index in [4.69, 9.17) is 0 Å². The molecular weight excluding hydrogens is 362 g/mol. The van der Waals surface area contributed by atoms with Crippen molar-refractivity contribution in [1.82, 2.24) is 14.5 Å². The fourth-order valence-electron chi connectivity index (χ4n) is 3.91. The van der Waals surface area contributed by atoms with Gasteiger partial charge in [-0.05, 0) is 63.9 Å². The number of rotatable bonds is 7. The minimum Gasteiger partial charge on any atom is -0.352 e. The van der Waals surface area contributed by atoms with Gasteiger partial charge in [0.25, 0.3) is 5.91 Å². The molecule has 0 spiro atoms. The molecule has 0 aromatic heterocycles. The summed E-state index contributed by atoms with van der Waals surface area (Å²) < 4.78 is 27.5. The standard InChI is InChI=1S/C20H31N3O3S/c24-20(21-12-9-15-22-13-5-1-6-14-22)18-10-3-4-11-19(18)27(25,26)23-16-7-2-8-17-23/h3-4,10-11H,1-2,5-9,12-17H2,(H,21,24). The second-order valence-electron chi connectivity index (χ2n) is 7.47. The molecule has 0 unspecified atom stereocenters. The monoisotopic (exact) mass is 393 g/mol. The number of nitrogens with one attached hydrogen (secondary N) is 1. The summed E-state index contributed by atoms with van der Waals surface area (Å²) in [5.74, 6) is -0.301. The SMILES string of the molecule is O=C(NCCCN1CCCCC1)c1ccccc1S(=O)(=O)N1CCCCC1. The number of carbonyl (C=O) groups excluding carboxylic acids is 1. The minimum absolute atomic E-state index is 0.125. The number of hydrogen-bond donors (Lipinski definition) is 1. The summed E-state index contributed by atoms with van der Waals surface area (Å²) in [4.78, 5) is 15.2. The molecule has 2 aliphatic heterocycles. The van der Waals surface area contributed by atoms with Gasteiger partial charge in [-0.3, -0.25) is 4.79 Å². The van der Waals surface area contributed by atoms with Crippen LogP contribution in [0.2, 0.25) is 0 Å². The Hall–Kier alpha value is -1.44. The highest BCUT2D eigenvalue weighted by Gasteiger charge is 2.29. The molecule has 150 valence electrons. The first-order valence-corrected chi connectivity index (χ1v) is 11.6. The predicted molar refractivity (Wildman–Crippen MR) is 106 cm³/mol. The van der Waals surface area contributed by atoms with Gasteiger partial charge >= 0.3 is 0 Å². The molecule has 1 aromatic rings. The van der Waals surface area contributed by atoms with Crippen LogP contribution in [0.4, 0.5) is 0 Å². The lowest BCUT2D eigenvalue weighted by molar-refractivity contribution is 0.0947. The molecule has 0 atom stereocenters. The number of amides is 1. The van der Waals surface area contributed by atoms with Gasteiger partial charge in [-0.15, -0.1) is 0 Å². The van der Waals surface area contributed by atoms with Crippen LogP contribution in [0.3, 0.4) is 0 Å². The molecule has 2 fully saturated rings. The Morgan fingerprint density at radius 3 is 2.26 bits per heavy atom. The van der Waals surface area contributed by atoms with Gasteiger partial charge in [-0.25, -0.2) is 8.42 Å². The number of nitrogens with zero attached hydrogens (tertiary/aromatic N) is 2. The van der Waals surface area contributed by atoms with E-state index in [1.165, 1.54) is 23.6 Å². The lowest BCUT2D eigenvalue weighted by Gasteiger charge is -2.27. The number of carbonyl (C=O) groups is 1. The van der Waals surface area contributed by atoms with E-state index in [1.54, 1.807) is 24.3 Å². The molecule has 7 heteroatoms. The predicted octanol–water partition coefficient (Wildman–Crippen LogP) is 2.47. The van der Waals surface area contributed by atoms with Crippen molar-refractivity contribution in [2.75, 3.05) is 39.3 Å². The molecule has 2 saturated heterocycles. The quantitative estimate of drug-likeness (QED) is 0.723. The molecular formula is C20H31N3O3S. The average Bonchev–Trinajstić information content (AvgIpc) is 2.72. The molecule has 2 heterocycles. The van der Waals surface area contributed by atoms with Crippen molar-refractivity contribution in [1.29, 1.82) is 0 Å². The molecule has 0 bridgehead atoms. The maximum Gasteiger partial charge on any atom is 0.252 e. The summed E-state index contributed by atoms with van der Waals surface area (Å²) in [6, 6.07) is 6.56. The van der Waals surface area contributed by atoms with Crippen LogP contribution in [0.5, 0.6) is 0 Å². The summed E-state index contributed by atoms with van der Waals surface area (Å²) in [5.41, 5.74) is 0.251. The number of sulfonamides is 1. The van der Waals surface area contributed by atoms with Crippen LogP contribution in [-0.2, 0) is 10.0 Å². The highest BCUT2D eigenvalue weighted by Crippen LogP contribution is 2.23. The molecule has 27 heavy (non-hydrogen) atoms. The van der Waals surface area contributed by atoms with Gasteiger partial charge in [0.2, 0.25) is 10.0 Å². The molecule has 1 N–H and O–H groups in total. The van der Waals surface area contributed by atoms with Crippen molar-refractivity contribution in [3.05, 3.63) is 29.8 Å². The molecule has 6 nitrogen and oxygen atoms in total. The van der Waals surface area contributed by atoms with E-state index in [0.29, 0.717) is 19.6 Å². The van der Waals surface area contributed by atoms with E-state index in [9.17, 15) is 13.2 Å². The Balaban J connectivity index is 1.59. The molecule has 0 saturated carbocycles. The van der Waals surface area contributed by atoms with Crippen molar-refractivity contribution < 1.29 is 13.2 Å². The second kappa shape index (κ2) is 9.66. The zero-order chi connectivity index (χ0) is 19.1. The van der Waals surface area contributed by atoms with E-state index < -0.39 is 10.0 Å². The van der Waals surface area contributed by atoms with Crippen molar-refractivity contribution in [3.8, 4) is 0 Å². The van der Waals surface area contributed by atoms with Crippen LogP contribution >= 0.6 is 0 Å². The Morgan fingerprint density at radius 2 is 1.56 bits per heavy atom. The largest absolute Gasteiger partial charge is 0.352 e. The summed E-state index contributed by atoms with van der Waals surface area (Å²) in [6.45, 7) is 4.90. The van der Waals surface area contributed by atoms with Gasteiger partial charge in [0, 0.05) is 19.6 Å². The van der Waals surface area contributed by atoms with Crippen LogP contribution in [0.1, 0.15) is 55.3 Å². The number of piperidine rings is 2. The lowest BCUT2D eigenvalue weighted by atomic mass is 10.1. The van der Waals surface area contributed by atoms with Crippen LogP contribution in [0.25, 0.3) is 0 Å². The average molecular weight is 394 g/mol. The van der Waals surface area contributed by atoms with E-state index in [1.807, 2.05) is 0 Å². The fourth-order valence-corrected chi connectivity index (χ4v) is 5.61. The van der Waals surface area contributed by atoms with E-state index in [-0.39, 0.29) is 16.4 Å². The summed E-state index contributed by atoms with van der Waals surface area (Å²) >= 11 is 0. The Kier molecular flexibility index (Phi) is 7.26. The van der Waals surface area contributed by atoms with Gasteiger partial charge in [0.05, 0.1) is 10.5 Å². The first-order chi connectivity index (χ1) is 13.1. The van der Waals surface area contributed by atoms with Crippen molar-refractivity contribution >= 4 is 15.9 Å². The van der Waals surface area contributed by atoms with Gasteiger partial charge in [0.1, 0.15) is 0 Å². The minimum atomic E-state index is -3.62. The smallest absolute Gasteiger partial charge is 0.252 e. The van der Waals surface area contributed by atoms with Crippen LogP contribution in [-0.4, -0.2) is 62.8 Å². The maximum atomic E-state index is 13.0. The third-order valence-corrected chi connectivity index (χ3v) is 7.41. The Labute approximate surface area is 163 Å². The summed E-state index contributed by atoms with van der Waals surface area (Å²) in [5, 5.41) is 2.91. The van der Waals surface area contributed by atoms with E-state index in [0.717, 1.165) is 45.3 Å². The van der Waals surface area contributed by atoms with E-state index in [2.05, 4.69) is 10.2 Å². The maximum absolute atomic E-state index is 13.0. The van der Waals surface area contributed by atoms with Crippen LogP contribution in [0, 0.1) is 0 Å². The number of benzene rings is 1. The highest BCUT2D eigenvalue weighted by molar-refractivity contribution is 7.89. The third kappa shape index (κ3) is 5.30. The van der Waals surface area contributed by atoms with Crippen LogP contribution in [0.15, 0.2) is 29.2 Å². The normalized spacial score (nSPS) is 19.7. The molecule has 1 aromatic carbocycles. The molecule has 2 aliphatic rings. The van der Waals surface area contributed by atoms with Crippen molar-refractivity contribution in [3.63, 3.8) is 0 Å². The fraction of sp³-hybridized carbons (Fsp3) is 0.650. The summed E-state index contributed by atoms with van der Waals surface area (Å²) in [6.07, 6.45) is 7.53. The Morgan fingerprint density at radius 1 is 0.926 bits per heavy atom. The van der Waals surface area contributed by atoms with Gasteiger partial charge in [-0.1, -0.05) is 25.0 Å². The van der Waals surface area contributed by atoms with Crippen molar-refractivity contribution in [2.24, 2.45) is 0 Å². The van der Waals surface area contributed by atoms with Gasteiger partial charge < -0.3 is 10.2 Å². The first-order valence-electron chi connectivity index (χ1n) is 10.2. The highest BCUT2D eigenvalue weighted by atomic mass is 32.2. The zero-order valence-corrected chi connectivity index (χ0v) is 16.8. The topological polar surface area (TPSA) is 69.7 Å². The second-order valence-corrected chi connectivity index (χ2v) is 9.38. The number of hydrogen-bond acceptors (Lipinski definition) is 4. The third-order valence-electron chi connectivity index (χ3n) is 5.45. The number of likely N-dealkylation sites (tertiary alicyclic amines) is 1. The molecule has 0 radical (unpaired) electrons. The zero-order valence-electron chi connectivity index (χ0n) is 16.0. The van der Waals surface area contributed by atoms with Crippen LogP contribution < -0.4 is 5.32 Å². The molecule has 1 amide bonds. The van der Waals surface area contributed by atoms with Crippen molar-refractivity contribution in [2.45, 2.75) is 49.8 Å².